The molecule has 0 aromatic carbocycles. The monoisotopic (exact) mass is 150 g/mol. The van der Waals surface area contributed by atoms with Crippen molar-refractivity contribution in [3.05, 3.63) is 22.1 Å². The zero-order valence-electron chi connectivity index (χ0n) is 6.18. The number of hydrogen-bond donors (Lipinski definition) is 0. The van der Waals surface area contributed by atoms with Gasteiger partial charge in [-0.25, -0.2) is 15.0 Å². The van der Waals surface area contributed by atoms with Crippen molar-refractivity contribution in [3.8, 4) is 0 Å². The summed E-state index contributed by atoms with van der Waals surface area (Å²) in [5.41, 5.74) is 8.06. The first kappa shape index (κ1) is 7.43. The highest BCUT2D eigenvalue weighted by atomic mass is 15.2. The Morgan fingerprint density at radius 2 is 1.73 bits per heavy atom. The fourth-order valence-corrected chi connectivity index (χ4v) is 0.683. The summed E-state index contributed by atoms with van der Waals surface area (Å²) in [4.78, 5) is 14.0. The second-order valence-corrected chi connectivity index (χ2v) is 1.92. The Bertz CT molecular complexity index is 292. The normalized spacial score (nSPS) is 8.91. The molecule has 0 saturated heterocycles. The van der Waals surface area contributed by atoms with Gasteiger partial charge in [-0.05, 0) is 24.5 Å². The maximum absolute atomic E-state index is 8.06. The Labute approximate surface area is 63.0 Å². The average Bonchev–Trinajstić information content (AvgIpc) is 1.85. The first-order valence-corrected chi connectivity index (χ1v) is 2.97. The number of hydrogen-bond acceptors (Lipinski definition) is 4. The summed E-state index contributed by atoms with van der Waals surface area (Å²) in [6.07, 6.45) is 0. The summed E-state index contributed by atoms with van der Waals surface area (Å²) < 4.78 is 0. The molecule has 56 valence electrons. The van der Waals surface area contributed by atoms with Crippen molar-refractivity contribution in [3.63, 3.8) is 0 Å². The Morgan fingerprint density at radius 1 is 1.18 bits per heavy atom. The van der Waals surface area contributed by atoms with Gasteiger partial charge in [0.25, 0.3) is 0 Å². The molecule has 0 aliphatic heterocycles. The molecule has 0 saturated carbocycles. The van der Waals surface area contributed by atoms with Gasteiger partial charge in [0.2, 0.25) is 5.95 Å². The van der Waals surface area contributed by atoms with Gasteiger partial charge in [0.15, 0.2) is 0 Å². The molecule has 1 aromatic heterocycles. The Morgan fingerprint density at radius 3 is 2.18 bits per heavy atom. The molecule has 0 aliphatic rings. The predicted octanol–water partition coefficient (Wildman–Crippen LogP) is 1.43. The van der Waals surface area contributed by atoms with Crippen LogP contribution in [-0.4, -0.2) is 15.0 Å². The summed E-state index contributed by atoms with van der Waals surface area (Å²) in [6.45, 7) is 3.43. The van der Waals surface area contributed by atoms with E-state index in [1.54, 1.807) is 13.8 Å². The summed E-state index contributed by atoms with van der Waals surface area (Å²) in [6, 6.07) is 0. The van der Waals surface area contributed by atoms with Crippen molar-refractivity contribution < 1.29 is 0 Å². The van der Waals surface area contributed by atoms with Crippen LogP contribution in [-0.2, 0) is 0 Å². The average molecular weight is 150 g/mol. The molecule has 6 nitrogen and oxygen atoms in total. The van der Waals surface area contributed by atoms with Crippen LogP contribution < -0.4 is 0 Å². The molecule has 1 aromatic rings. The number of nitrogens with zero attached hydrogens (tertiary/aromatic N) is 6. The maximum atomic E-state index is 8.06. The number of azide groups is 1. The van der Waals surface area contributed by atoms with Crippen LogP contribution in [0.4, 0.5) is 5.95 Å². The van der Waals surface area contributed by atoms with Crippen LogP contribution in [0, 0.1) is 13.8 Å². The van der Waals surface area contributed by atoms with Crippen LogP contribution in [0.1, 0.15) is 11.6 Å². The third-order valence-corrected chi connectivity index (χ3v) is 0.981. The van der Waals surface area contributed by atoms with E-state index in [0.717, 1.165) is 0 Å². The molecule has 0 bridgehead atoms. The largest absolute Gasteiger partial charge is 0.219 e. The van der Waals surface area contributed by atoms with E-state index < -0.39 is 0 Å². The highest BCUT2D eigenvalue weighted by Gasteiger charge is 1.95. The van der Waals surface area contributed by atoms with Crippen molar-refractivity contribution in [1.82, 2.24) is 15.0 Å². The predicted molar refractivity (Wildman–Crippen MR) is 38.1 cm³/mol. The van der Waals surface area contributed by atoms with E-state index in [9.17, 15) is 0 Å². The molecule has 0 atom stereocenters. The molecule has 0 radical (unpaired) electrons. The maximum Gasteiger partial charge on any atom is 0.219 e. The summed E-state index contributed by atoms with van der Waals surface area (Å²) in [5.74, 6) is 1.23. The van der Waals surface area contributed by atoms with Crippen molar-refractivity contribution in [2.75, 3.05) is 0 Å². The molecule has 0 aliphatic carbocycles. The lowest BCUT2D eigenvalue weighted by atomic mass is 10.6. The molecule has 6 heteroatoms. The molecule has 11 heavy (non-hydrogen) atoms. The van der Waals surface area contributed by atoms with Gasteiger partial charge in [-0.3, -0.25) is 0 Å². The fraction of sp³-hybridized carbons (Fsp3) is 0.400. The smallest absolute Gasteiger partial charge is 0.219 e. The topological polar surface area (TPSA) is 87.4 Å². The molecular weight excluding hydrogens is 144 g/mol. The van der Waals surface area contributed by atoms with Crippen LogP contribution >= 0.6 is 0 Å². The minimum atomic E-state index is 0.123. The molecule has 0 unspecified atom stereocenters. The third-order valence-electron chi connectivity index (χ3n) is 0.981. The van der Waals surface area contributed by atoms with E-state index in [-0.39, 0.29) is 5.95 Å². The highest BCUT2D eigenvalue weighted by Crippen LogP contribution is 2.02. The molecule has 0 spiro atoms. The molecule has 0 fully saturated rings. The van der Waals surface area contributed by atoms with Crippen LogP contribution in [0.3, 0.4) is 0 Å². The Hall–Kier alpha value is -1.68. The summed E-state index contributed by atoms with van der Waals surface area (Å²) in [7, 11) is 0. The minimum absolute atomic E-state index is 0.123. The summed E-state index contributed by atoms with van der Waals surface area (Å²) >= 11 is 0. The van der Waals surface area contributed by atoms with Crippen LogP contribution in [0.25, 0.3) is 10.4 Å². The van der Waals surface area contributed by atoms with Gasteiger partial charge >= 0.3 is 0 Å². The van der Waals surface area contributed by atoms with Crippen molar-refractivity contribution in [2.45, 2.75) is 13.8 Å². The van der Waals surface area contributed by atoms with E-state index >= 15 is 0 Å². The van der Waals surface area contributed by atoms with E-state index in [1.807, 2.05) is 0 Å². The van der Waals surface area contributed by atoms with E-state index in [4.69, 9.17) is 5.53 Å². The Kier molecular flexibility index (Phi) is 1.98. The van der Waals surface area contributed by atoms with Crippen molar-refractivity contribution in [1.29, 1.82) is 0 Å². The van der Waals surface area contributed by atoms with Gasteiger partial charge in [0.1, 0.15) is 11.6 Å². The van der Waals surface area contributed by atoms with Gasteiger partial charge in [-0.1, -0.05) is 0 Å². The number of aryl methyl sites for hydroxylation is 2. The zero-order valence-corrected chi connectivity index (χ0v) is 6.18. The second-order valence-electron chi connectivity index (χ2n) is 1.92. The SMILES string of the molecule is Cc1nc(C)nc(N=[N+]=[N-])n1. The lowest BCUT2D eigenvalue weighted by Gasteiger charge is -1.94. The van der Waals surface area contributed by atoms with E-state index in [2.05, 4.69) is 25.0 Å². The third kappa shape index (κ3) is 1.87. The second kappa shape index (κ2) is 2.94. The quantitative estimate of drug-likeness (QED) is 0.344. The Balaban J connectivity index is 3.18. The first-order chi connectivity index (χ1) is 5.22. The summed E-state index contributed by atoms with van der Waals surface area (Å²) in [5, 5.41) is 3.25. The first-order valence-electron chi connectivity index (χ1n) is 2.97. The van der Waals surface area contributed by atoms with Gasteiger partial charge in [0, 0.05) is 4.91 Å². The highest BCUT2D eigenvalue weighted by molar-refractivity contribution is 5.13. The van der Waals surface area contributed by atoms with Crippen LogP contribution in [0.15, 0.2) is 5.11 Å². The standard InChI is InChI=1S/C5H6N6/c1-3-7-4(2)9-5(8-3)10-11-6/h1-2H3. The van der Waals surface area contributed by atoms with Gasteiger partial charge < -0.3 is 0 Å². The fourth-order valence-electron chi connectivity index (χ4n) is 0.683. The number of aromatic nitrogens is 3. The zero-order chi connectivity index (χ0) is 8.27. The van der Waals surface area contributed by atoms with E-state index in [0.29, 0.717) is 11.6 Å². The molecule has 1 heterocycles. The molecule has 0 N–H and O–H groups in total. The number of rotatable bonds is 1. The molecular formula is C5H6N6. The van der Waals surface area contributed by atoms with Crippen LogP contribution in [0.5, 0.6) is 0 Å². The van der Waals surface area contributed by atoms with Crippen LogP contribution in [0.2, 0.25) is 0 Å². The molecule has 1 rings (SSSR count). The van der Waals surface area contributed by atoms with Gasteiger partial charge in [-0.15, -0.1) is 0 Å². The van der Waals surface area contributed by atoms with Crippen molar-refractivity contribution in [2.24, 2.45) is 5.11 Å². The van der Waals surface area contributed by atoms with Gasteiger partial charge in [-0.2, -0.15) is 0 Å². The minimum Gasteiger partial charge on any atom is -0.219 e. The lowest BCUT2D eigenvalue weighted by molar-refractivity contribution is 0.915. The lowest BCUT2D eigenvalue weighted by Crippen LogP contribution is -1.93. The van der Waals surface area contributed by atoms with Gasteiger partial charge in [0.05, 0.1) is 0 Å². The molecule has 0 amide bonds. The van der Waals surface area contributed by atoms with E-state index in [1.165, 1.54) is 0 Å². The van der Waals surface area contributed by atoms with Crippen molar-refractivity contribution >= 4 is 5.95 Å².